The Morgan fingerprint density at radius 3 is 2.62 bits per heavy atom. The van der Waals surface area contributed by atoms with Gasteiger partial charge in [-0.1, -0.05) is 0 Å². The third-order valence-electron chi connectivity index (χ3n) is 2.61. The maximum Gasteiger partial charge on any atom is 0.319 e. The summed E-state index contributed by atoms with van der Waals surface area (Å²) >= 11 is 0. The minimum Gasteiger partial charge on any atom is -0.481 e. The highest BCUT2D eigenvalue weighted by Gasteiger charge is 2.43. The molecule has 1 N–H and O–H groups in total. The van der Waals surface area contributed by atoms with Crippen molar-refractivity contribution in [1.29, 1.82) is 0 Å². The first kappa shape index (κ1) is 13.2. The van der Waals surface area contributed by atoms with Crippen LogP contribution in [0.1, 0.15) is 12.8 Å². The zero-order valence-electron chi connectivity index (χ0n) is 8.50. The van der Waals surface area contributed by atoms with Gasteiger partial charge < -0.3 is 5.11 Å². The molecule has 1 rings (SSSR count). The van der Waals surface area contributed by atoms with Crippen LogP contribution in [0.25, 0.3) is 0 Å². The molecule has 16 heavy (non-hydrogen) atoms. The van der Waals surface area contributed by atoms with Gasteiger partial charge in [0.05, 0.1) is 12.5 Å². The summed E-state index contributed by atoms with van der Waals surface area (Å²) in [4.78, 5) is 11.7. The minimum atomic E-state index is -4.07. The Morgan fingerprint density at radius 2 is 2.12 bits per heavy atom. The van der Waals surface area contributed by atoms with Crippen molar-refractivity contribution in [2.75, 3.05) is 19.6 Å². The van der Waals surface area contributed by atoms with E-state index < -0.39 is 30.8 Å². The first-order chi connectivity index (χ1) is 7.33. The second-order valence-electron chi connectivity index (χ2n) is 3.97. The van der Waals surface area contributed by atoms with E-state index in [9.17, 15) is 22.4 Å². The van der Waals surface area contributed by atoms with Gasteiger partial charge in [-0.05, 0) is 19.4 Å². The number of alkyl halides is 4. The third kappa shape index (κ3) is 3.33. The summed E-state index contributed by atoms with van der Waals surface area (Å²) in [6.07, 6.45) is -2.86. The summed E-state index contributed by atoms with van der Waals surface area (Å²) in [5.74, 6) is -5.87. The molecule has 7 heteroatoms. The molecule has 1 aliphatic rings. The second-order valence-corrected chi connectivity index (χ2v) is 3.97. The van der Waals surface area contributed by atoms with E-state index in [4.69, 9.17) is 5.11 Å². The van der Waals surface area contributed by atoms with E-state index in [1.54, 1.807) is 0 Å². The highest BCUT2D eigenvalue weighted by atomic mass is 19.3. The summed E-state index contributed by atoms with van der Waals surface area (Å²) in [5, 5.41) is 8.70. The monoisotopic (exact) mass is 243 g/mol. The van der Waals surface area contributed by atoms with E-state index in [-0.39, 0.29) is 13.1 Å². The van der Waals surface area contributed by atoms with Crippen molar-refractivity contribution in [3.63, 3.8) is 0 Å². The van der Waals surface area contributed by atoms with Crippen LogP contribution in [0.15, 0.2) is 0 Å². The van der Waals surface area contributed by atoms with Gasteiger partial charge in [0.25, 0.3) is 0 Å². The minimum absolute atomic E-state index is 0.0857. The van der Waals surface area contributed by atoms with Crippen molar-refractivity contribution in [3.05, 3.63) is 0 Å². The van der Waals surface area contributed by atoms with Crippen LogP contribution in [-0.4, -0.2) is 48.0 Å². The Balaban J connectivity index is 2.52. The SMILES string of the molecule is O=C(O)[C@@H]1CCCN(CC(F)(F)C(F)F)C1. The summed E-state index contributed by atoms with van der Waals surface area (Å²) in [5.41, 5.74) is 0. The number of carbonyl (C=O) groups is 1. The van der Waals surface area contributed by atoms with E-state index in [1.807, 2.05) is 0 Å². The fraction of sp³-hybridized carbons (Fsp3) is 0.889. The standard InChI is InChI=1S/C9H13F4NO2/c10-8(11)9(12,13)5-14-3-1-2-6(4-14)7(15)16/h6,8H,1-5H2,(H,15,16)/t6-/m1/s1. The van der Waals surface area contributed by atoms with Gasteiger partial charge >= 0.3 is 18.3 Å². The van der Waals surface area contributed by atoms with Crippen LogP contribution in [0.4, 0.5) is 17.6 Å². The molecule has 0 aliphatic carbocycles. The summed E-state index contributed by atoms with van der Waals surface area (Å²) in [7, 11) is 0. The molecule has 1 fully saturated rings. The van der Waals surface area contributed by atoms with Crippen molar-refractivity contribution >= 4 is 5.97 Å². The molecule has 3 nitrogen and oxygen atoms in total. The number of halogens is 4. The molecule has 1 atom stereocenters. The Labute approximate surface area is 90.0 Å². The maximum atomic E-state index is 12.7. The normalized spacial score (nSPS) is 23.7. The van der Waals surface area contributed by atoms with Crippen LogP contribution in [0, 0.1) is 5.92 Å². The number of nitrogens with zero attached hydrogens (tertiary/aromatic N) is 1. The maximum absolute atomic E-state index is 12.7. The van der Waals surface area contributed by atoms with E-state index >= 15 is 0 Å². The average molecular weight is 243 g/mol. The zero-order valence-corrected chi connectivity index (χ0v) is 8.50. The molecule has 0 amide bonds. The van der Waals surface area contributed by atoms with Crippen LogP contribution < -0.4 is 0 Å². The lowest BCUT2D eigenvalue weighted by Crippen LogP contribution is -2.47. The number of carboxylic acid groups (broad SMARTS) is 1. The zero-order chi connectivity index (χ0) is 12.3. The van der Waals surface area contributed by atoms with Gasteiger partial charge in [-0.3, -0.25) is 9.69 Å². The lowest BCUT2D eigenvalue weighted by molar-refractivity contribution is -0.153. The first-order valence-corrected chi connectivity index (χ1v) is 4.94. The summed E-state index contributed by atoms with van der Waals surface area (Å²) in [6.45, 7) is -0.918. The summed E-state index contributed by atoms with van der Waals surface area (Å²) in [6, 6.07) is 0. The number of piperidine rings is 1. The second kappa shape index (κ2) is 4.99. The van der Waals surface area contributed by atoms with Crippen LogP contribution in [-0.2, 0) is 4.79 Å². The number of hydrogen-bond donors (Lipinski definition) is 1. The molecule has 94 valence electrons. The van der Waals surface area contributed by atoms with Crippen LogP contribution >= 0.6 is 0 Å². The van der Waals surface area contributed by atoms with E-state index in [0.717, 1.165) is 4.90 Å². The molecule has 0 aromatic rings. The Hall–Kier alpha value is -0.850. The van der Waals surface area contributed by atoms with Gasteiger partial charge in [-0.2, -0.15) is 8.78 Å². The fourth-order valence-corrected chi connectivity index (χ4v) is 1.77. The largest absolute Gasteiger partial charge is 0.481 e. The molecule has 1 saturated heterocycles. The van der Waals surface area contributed by atoms with Crippen molar-refractivity contribution in [3.8, 4) is 0 Å². The van der Waals surface area contributed by atoms with Crippen molar-refractivity contribution < 1.29 is 27.5 Å². The fourth-order valence-electron chi connectivity index (χ4n) is 1.77. The summed E-state index contributed by atoms with van der Waals surface area (Å²) < 4.78 is 49.3. The van der Waals surface area contributed by atoms with Gasteiger partial charge in [-0.25, -0.2) is 8.78 Å². The third-order valence-corrected chi connectivity index (χ3v) is 2.61. The van der Waals surface area contributed by atoms with Crippen LogP contribution in [0.2, 0.25) is 0 Å². The van der Waals surface area contributed by atoms with Gasteiger partial charge in [0.1, 0.15) is 0 Å². The molecular weight excluding hydrogens is 230 g/mol. The van der Waals surface area contributed by atoms with Gasteiger partial charge in [0, 0.05) is 6.54 Å². The number of aliphatic carboxylic acids is 1. The van der Waals surface area contributed by atoms with Gasteiger partial charge in [0.15, 0.2) is 0 Å². The van der Waals surface area contributed by atoms with Crippen LogP contribution in [0.5, 0.6) is 0 Å². The van der Waals surface area contributed by atoms with Crippen molar-refractivity contribution in [1.82, 2.24) is 4.90 Å². The van der Waals surface area contributed by atoms with Crippen molar-refractivity contribution in [2.24, 2.45) is 5.92 Å². The lowest BCUT2D eigenvalue weighted by Gasteiger charge is -2.32. The van der Waals surface area contributed by atoms with E-state index in [2.05, 4.69) is 0 Å². The number of carboxylic acids is 1. The molecule has 0 aromatic carbocycles. The molecule has 0 aromatic heterocycles. The predicted octanol–water partition coefficient (Wildman–Crippen LogP) is 1.68. The molecule has 1 aliphatic heterocycles. The Kier molecular flexibility index (Phi) is 4.12. The average Bonchev–Trinajstić information content (AvgIpc) is 2.17. The van der Waals surface area contributed by atoms with Crippen molar-refractivity contribution in [2.45, 2.75) is 25.2 Å². The molecule has 1 heterocycles. The molecular formula is C9H13F4NO2. The van der Waals surface area contributed by atoms with E-state index in [0.29, 0.717) is 12.8 Å². The van der Waals surface area contributed by atoms with Gasteiger partial charge in [0.2, 0.25) is 0 Å². The van der Waals surface area contributed by atoms with E-state index in [1.165, 1.54) is 0 Å². The molecule has 0 saturated carbocycles. The smallest absolute Gasteiger partial charge is 0.319 e. The number of likely N-dealkylation sites (tertiary alicyclic amines) is 1. The molecule has 0 bridgehead atoms. The molecule has 0 unspecified atom stereocenters. The van der Waals surface area contributed by atoms with Gasteiger partial charge in [-0.15, -0.1) is 0 Å². The Morgan fingerprint density at radius 1 is 1.50 bits per heavy atom. The first-order valence-electron chi connectivity index (χ1n) is 4.94. The highest BCUT2D eigenvalue weighted by molar-refractivity contribution is 5.70. The molecule has 0 radical (unpaired) electrons. The number of rotatable bonds is 4. The topological polar surface area (TPSA) is 40.5 Å². The highest BCUT2D eigenvalue weighted by Crippen LogP contribution is 2.26. The Bertz CT molecular complexity index is 260. The van der Waals surface area contributed by atoms with Crippen LogP contribution in [0.3, 0.4) is 0 Å². The predicted molar refractivity (Wildman–Crippen MR) is 47.8 cm³/mol. The number of hydrogen-bond acceptors (Lipinski definition) is 2. The quantitative estimate of drug-likeness (QED) is 0.764. The molecule has 0 spiro atoms. The lowest BCUT2D eigenvalue weighted by atomic mass is 9.98.